The number of hydrogen-bond acceptors (Lipinski definition) is 4. The van der Waals surface area contributed by atoms with E-state index in [1.54, 1.807) is 0 Å². The maximum absolute atomic E-state index is 10.5. The largest absolute Gasteiger partial charge is 0.397 e. The van der Waals surface area contributed by atoms with Gasteiger partial charge in [-0.1, -0.05) is 30.3 Å². The molecule has 1 heterocycles. The molecule has 5 heteroatoms. The van der Waals surface area contributed by atoms with Gasteiger partial charge < -0.3 is 5.73 Å². The smallest absolute Gasteiger partial charge is 0.289 e. The molecule has 2 N–H and O–H groups in total. The van der Waals surface area contributed by atoms with E-state index in [2.05, 4.69) is 4.98 Å². The maximum atomic E-state index is 10.5. The van der Waals surface area contributed by atoms with Gasteiger partial charge in [-0.2, -0.15) is 0 Å². The second-order valence-corrected chi connectivity index (χ2v) is 3.65. The highest BCUT2D eigenvalue weighted by atomic mass is 16.6. The van der Waals surface area contributed by atoms with Gasteiger partial charge in [-0.15, -0.1) is 0 Å². The summed E-state index contributed by atoms with van der Waals surface area (Å²) in [5.41, 5.74) is 7.73. The topological polar surface area (TPSA) is 82.0 Å². The molecule has 0 amide bonds. The molecule has 0 spiro atoms. The molecule has 0 fully saturated rings. The zero-order chi connectivity index (χ0) is 12.3. The highest BCUT2D eigenvalue weighted by Crippen LogP contribution is 2.19. The molecule has 0 bridgehead atoms. The molecular formula is C12H11N3O2. The van der Waals surface area contributed by atoms with Crippen molar-refractivity contribution in [2.45, 2.75) is 6.42 Å². The van der Waals surface area contributed by atoms with E-state index in [1.165, 1.54) is 12.3 Å². The van der Waals surface area contributed by atoms with Gasteiger partial charge in [-0.05, 0) is 5.56 Å². The quantitative estimate of drug-likeness (QED) is 0.645. The monoisotopic (exact) mass is 229 g/mol. The standard InChI is InChI=1S/C12H11N3O2/c13-11-7-10(15(16)17)8-14-12(11)6-9-4-2-1-3-5-9/h1-5,7-8H,6,13H2. The lowest BCUT2D eigenvalue weighted by Crippen LogP contribution is -2.01. The van der Waals surface area contributed by atoms with Crippen LogP contribution in [0.3, 0.4) is 0 Å². The fourth-order valence-electron chi connectivity index (χ4n) is 1.54. The summed E-state index contributed by atoms with van der Waals surface area (Å²) in [5, 5.41) is 10.5. The summed E-state index contributed by atoms with van der Waals surface area (Å²) in [6, 6.07) is 11.0. The molecule has 86 valence electrons. The molecular weight excluding hydrogens is 218 g/mol. The number of pyridine rings is 1. The van der Waals surface area contributed by atoms with Gasteiger partial charge in [0.15, 0.2) is 0 Å². The van der Waals surface area contributed by atoms with E-state index < -0.39 is 4.92 Å². The van der Waals surface area contributed by atoms with Crippen molar-refractivity contribution in [2.24, 2.45) is 0 Å². The fourth-order valence-corrected chi connectivity index (χ4v) is 1.54. The molecule has 17 heavy (non-hydrogen) atoms. The fraction of sp³-hybridized carbons (Fsp3) is 0.0833. The lowest BCUT2D eigenvalue weighted by molar-refractivity contribution is -0.385. The van der Waals surface area contributed by atoms with Gasteiger partial charge in [-0.25, -0.2) is 0 Å². The first-order valence-electron chi connectivity index (χ1n) is 5.09. The van der Waals surface area contributed by atoms with Gasteiger partial charge in [0.2, 0.25) is 0 Å². The van der Waals surface area contributed by atoms with E-state index in [0.29, 0.717) is 17.8 Å². The van der Waals surface area contributed by atoms with E-state index >= 15 is 0 Å². The number of nitro groups is 1. The van der Waals surface area contributed by atoms with Gasteiger partial charge in [-0.3, -0.25) is 15.1 Å². The van der Waals surface area contributed by atoms with Crippen LogP contribution in [0.5, 0.6) is 0 Å². The predicted octanol–water partition coefficient (Wildman–Crippen LogP) is 2.16. The van der Waals surface area contributed by atoms with Crippen LogP contribution < -0.4 is 5.73 Å². The number of anilines is 1. The second kappa shape index (κ2) is 4.61. The van der Waals surface area contributed by atoms with E-state index in [4.69, 9.17) is 5.73 Å². The third kappa shape index (κ3) is 2.57. The van der Waals surface area contributed by atoms with Crippen LogP contribution in [0.25, 0.3) is 0 Å². The number of hydrogen-bond donors (Lipinski definition) is 1. The van der Waals surface area contributed by atoms with E-state index in [9.17, 15) is 10.1 Å². The van der Waals surface area contributed by atoms with Gasteiger partial charge in [0, 0.05) is 12.5 Å². The second-order valence-electron chi connectivity index (χ2n) is 3.65. The molecule has 0 saturated carbocycles. The molecule has 2 rings (SSSR count). The van der Waals surface area contributed by atoms with Crippen molar-refractivity contribution in [3.63, 3.8) is 0 Å². The number of nitrogens with two attached hydrogens (primary N) is 1. The molecule has 2 aromatic rings. The number of nitrogens with zero attached hydrogens (tertiary/aromatic N) is 2. The van der Waals surface area contributed by atoms with Crippen molar-refractivity contribution in [3.8, 4) is 0 Å². The van der Waals surface area contributed by atoms with Crippen molar-refractivity contribution < 1.29 is 4.92 Å². The molecule has 5 nitrogen and oxygen atoms in total. The van der Waals surface area contributed by atoms with Crippen molar-refractivity contribution in [2.75, 3.05) is 5.73 Å². The minimum atomic E-state index is -0.504. The van der Waals surface area contributed by atoms with E-state index in [1.807, 2.05) is 30.3 Å². The number of benzene rings is 1. The van der Waals surface area contributed by atoms with Gasteiger partial charge in [0.1, 0.15) is 6.20 Å². The van der Waals surface area contributed by atoms with E-state index in [0.717, 1.165) is 5.56 Å². The third-order valence-electron chi connectivity index (χ3n) is 2.41. The van der Waals surface area contributed by atoms with Crippen LogP contribution in [0.1, 0.15) is 11.3 Å². The first kappa shape index (κ1) is 11.1. The van der Waals surface area contributed by atoms with Crippen LogP contribution in [0.15, 0.2) is 42.6 Å². The molecule has 1 aromatic heterocycles. The molecule has 1 aromatic carbocycles. The van der Waals surface area contributed by atoms with Crippen LogP contribution in [-0.2, 0) is 6.42 Å². The Kier molecular flexibility index (Phi) is 3.00. The summed E-state index contributed by atoms with van der Waals surface area (Å²) in [6.07, 6.45) is 1.80. The summed E-state index contributed by atoms with van der Waals surface area (Å²) in [6.45, 7) is 0. The van der Waals surface area contributed by atoms with Crippen molar-refractivity contribution >= 4 is 11.4 Å². The Hall–Kier alpha value is -2.43. The maximum Gasteiger partial charge on any atom is 0.289 e. The summed E-state index contributed by atoms with van der Waals surface area (Å²) in [5.74, 6) is 0. The predicted molar refractivity (Wildman–Crippen MR) is 64.6 cm³/mol. The number of rotatable bonds is 3. The summed E-state index contributed by atoms with van der Waals surface area (Å²) >= 11 is 0. The van der Waals surface area contributed by atoms with Crippen LogP contribution in [0.4, 0.5) is 11.4 Å². The minimum absolute atomic E-state index is 0.0840. The highest BCUT2D eigenvalue weighted by Gasteiger charge is 2.10. The average molecular weight is 229 g/mol. The Morgan fingerprint density at radius 1 is 1.29 bits per heavy atom. The van der Waals surface area contributed by atoms with Crippen LogP contribution in [-0.4, -0.2) is 9.91 Å². The van der Waals surface area contributed by atoms with Crippen LogP contribution in [0.2, 0.25) is 0 Å². The Labute approximate surface area is 98.1 Å². The number of nitrogen functional groups attached to an aromatic ring is 1. The summed E-state index contributed by atoms with van der Waals surface area (Å²) in [4.78, 5) is 14.1. The third-order valence-corrected chi connectivity index (χ3v) is 2.41. The molecule has 0 aliphatic heterocycles. The van der Waals surface area contributed by atoms with Crippen molar-refractivity contribution in [3.05, 3.63) is 64.0 Å². The first-order chi connectivity index (χ1) is 8.16. The van der Waals surface area contributed by atoms with Gasteiger partial charge in [0.05, 0.1) is 16.3 Å². The lowest BCUT2D eigenvalue weighted by Gasteiger charge is -2.04. The average Bonchev–Trinajstić information content (AvgIpc) is 2.33. The number of aromatic nitrogens is 1. The molecule has 0 radical (unpaired) electrons. The molecule has 0 aliphatic carbocycles. The van der Waals surface area contributed by atoms with Gasteiger partial charge >= 0.3 is 0 Å². The van der Waals surface area contributed by atoms with Gasteiger partial charge in [0.25, 0.3) is 5.69 Å². The highest BCUT2D eigenvalue weighted by molar-refractivity contribution is 5.51. The van der Waals surface area contributed by atoms with E-state index in [-0.39, 0.29) is 5.69 Å². The van der Waals surface area contributed by atoms with Crippen molar-refractivity contribution in [1.29, 1.82) is 0 Å². The first-order valence-corrected chi connectivity index (χ1v) is 5.09. The SMILES string of the molecule is Nc1cc([N+](=O)[O-])cnc1Cc1ccccc1. The Bertz CT molecular complexity index is 541. The summed E-state index contributed by atoms with van der Waals surface area (Å²) in [7, 11) is 0. The minimum Gasteiger partial charge on any atom is -0.397 e. The molecule has 0 saturated heterocycles. The Morgan fingerprint density at radius 3 is 2.59 bits per heavy atom. The van der Waals surface area contributed by atoms with Crippen LogP contribution >= 0.6 is 0 Å². The molecule has 0 unspecified atom stereocenters. The van der Waals surface area contributed by atoms with Crippen molar-refractivity contribution in [1.82, 2.24) is 4.98 Å². The van der Waals surface area contributed by atoms with Crippen LogP contribution in [0, 0.1) is 10.1 Å². The Balaban J connectivity index is 2.26. The lowest BCUT2D eigenvalue weighted by atomic mass is 10.1. The zero-order valence-corrected chi connectivity index (χ0v) is 9.04. The summed E-state index contributed by atoms with van der Waals surface area (Å²) < 4.78 is 0. The zero-order valence-electron chi connectivity index (χ0n) is 9.04. The molecule has 0 atom stereocenters. The Morgan fingerprint density at radius 2 is 2.00 bits per heavy atom. The normalized spacial score (nSPS) is 10.1. The molecule has 0 aliphatic rings.